The third-order valence-corrected chi connectivity index (χ3v) is 4.72. The fraction of sp³-hybridized carbons (Fsp3) is 0.500. The van der Waals surface area contributed by atoms with Crippen LogP contribution in [-0.4, -0.2) is 45.2 Å². The van der Waals surface area contributed by atoms with Gasteiger partial charge >= 0.3 is 0 Å². The number of benzene rings is 1. The van der Waals surface area contributed by atoms with Gasteiger partial charge in [0.25, 0.3) is 0 Å². The molecule has 7 heteroatoms. The topological polar surface area (TPSA) is 63.1 Å². The lowest BCUT2D eigenvalue weighted by atomic mass is 10.0. The summed E-state index contributed by atoms with van der Waals surface area (Å²) < 4.78 is 16.0. The predicted octanol–water partition coefficient (Wildman–Crippen LogP) is 1.84. The van der Waals surface area contributed by atoms with Crippen LogP contribution in [0.4, 0.5) is 4.39 Å². The molecular formula is C18H24FN5O. The Labute approximate surface area is 147 Å². The van der Waals surface area contributed by atoms with Crippen molar-refractivity contribution in [2.75, 3.05) is 19.6 Å². The highest BCUT2D eigenvalue weighted by atomic mass is 19.1. The molecule has 3 rings (SSSR count). The largest absolute Gasteiger partial charge is 0.354 e. The molecular weight excluding hydrogens is 321 g/mol. The molecule has 0 saturated carbocycles. The SMILES string of the molecule is Cn1cnnc1CCC(=O)NCC(c1ccccc1F)N1CCCC1. The van der Waals surface area contributed by atoms with Gasteiger partial charge in [-0.3, -0.25) is 9.69 Å². The summed E-state index contributed by atoms with van der Waals surface area (Å²) in [5.74, 6) is 0.511. The first kappa shape index (κ1) is 17.5. The molecule has 1 amide bonds. The summed E-state index contributed by atoms with van der Waals surface area (Å²) in [6.45, 7) is 2.29. The van der Waals surface area contributed by atoms with Crippen molar-refractivity contribution in [1.29, 1.82) is 0 Å². The molecule has 6 nitrogen and oxygen atoms in total. The standard InChI is InChI=1S/C18H24FN5O/c1-23-13-21-22-17(23)8-9-18(25)20-12-16(24-10-4-5-11-24)14-6-2-3-7-15(14)19/h2-3,6-7,13,16H,4-5,8-12H2,1H3,(H,20,25). The van der Waals surface area contributed by atoms with Crippen molar-refractivity contribution in [2.45, 2.75) is 31.7 Å². The Morgan fingerprint density at radius 1 is 1.32 bits per heavy atom. The number of amides is 1. The molecule has 25 heavy (non-hydrogen) atoms. The summed E-state index contributed by atoms with van der Waals surface area (Å²) in [4.78, 5) is 14.5. The molecule has 1 fully saturated rings. The quantitative estimate of drug-likeness (QED) is 0.832. The molecule has 1 atom stereocenters. The van der Waals surface area contributed by atoms with Gasteiger partial charge in [-0.1, -0.05) is 18.2 Å². The number of aryl methyl sites for hydroxylation is 2. The number of likely N-dealkylation sites (tertiary alicyclic amines) is 1. The van der Waals surface area contributed by atoms with E-state index in [2.05, 4.69) is 20.4 Å². The molecule has 1 saturated heterocycles. The third kappa shape index (κ3) is 4.42. The number of hydrogen-bond acceptors (Lipinski definition) is 4. The van der Waals surface area contributed by atoms with E-state index in [1.165, 1.54) is 6.07 Å². The van der Waals surface area contributed by atoms with Crippen LogP contribution in [0.2, 0.25) is 0 Å². The summed E-state index contributed by atoms with van der Waals surface area (Å²) in [6, 6.07) is 6.71. The van der Waals surface area contributed by atoms with Crippen molar-refractivity contribution >= 4 is 5.91 Å². The van der Waals surface area contributed by atoms with Crippen LogP contribution in [0, 0.1) is 5.82 Å². The van der Waals surface area contributed by atoms with E-state index in [4.69, 9.17) is 0 Å². The number of carbonyl (C=O) groups excluding carboxylic acids is 1. The fourth-order valence-corrected chi connectivity index (χ4v) is 3.29. The highest BCUT2D eigenvalue weighted by Gasteiger charge is 2.25. The number of nitrogens with zero attached hydrogens (tertiary/aromatic N) is 4. The minimum absolute atomic E-state index is 0.0523. The van der Waals surface area contributed by atoms with Gasteiger partial charge in [0, 0.05) is 32.0 Å². The van der Waals surface area contributed by atoms with Crippen LogP contribution < -0.4 is 5.32 Å². The Morgan fingerprint density at radius 2 is 2.08 bits per heavy atom. The van der Waals surface area contributed by atoms with Crippen LogP contribution in [0.15, 0.2) is 30.6 Å². The second-order valence-electron chi connectivity index (χ2n) is 6.44. The van der Waals surface area contributed by atoms with Crippen molar-refractivity contribution in [3.8, 4) is 0 Å². The Balaban J connectivity index is 1.59. The van der Waals surface area contributed by atoms with E-state index in [-0.39, 0.29) is 17.8 Å². The maximum absolute atomic E-state index is 14.2. The Kier molecular flexibility index (Phi) is 5.75. The Bertz CT molecular complexity index is 711. The van der Waals surface area contributed by atoms with Crippen molar-refractivity contribution in [3.05, 3.63) is 47.8 Å². The molecule has 1 aliphatic rings. The maximum atomic E-state index is 14.2. The number of aromatic nitrogens is 3. The van der Waals surface area contributed by atoms with Gasteiger partial charge in [-0.2, -0.15) is 0 Å². The van der Waals surface area contributed by atoms with E-state index in [9.17, 15) is 9.18 Å². The fourth-order valence-electron chi connectivity index (χ4n) is 3.29. The van der Waals surface area contributed by atoms with E-state index in [1.54, 1.807) is 17.0 Å². The first-order chi connectivity index (χ1) is 12.1. The molecule has 0 spiro atoms. The summed E-state index contributed by atoms with van der Waals surface area (Å²) in [6.07, 6.45) is 4.73. The highest BCUT2D eigenvalue weighted by molar-refractivity contribution is 5.76. The first-order valence-corrected chi connectivity index (χ1v) is 8.73. The van der Waals surface area contributed by atoms with Gasteiger partial charge in [0.05, 0.1) is 6.04 Å². The lowest BCUT2D eigenvalue weighted by Gasteiger charge is -2.28. The lowest BCUT2D eigenvalue weighted by Crippen LogP contribution is -2.37. The van der Waals surface area contributed by atoms with Crippen molar-refractivity contribution in [1.82, 2.24) is 25.0 Å². The van der Waals surface area contributed by atoms with Gasteiger partial charge < -0.3 is 9.88 Å². The molecule has 1 N–H and O–H groups in total. The number of halogens is 1. The van der Waals surface area contributed by atoms with E-state index < -0.39 is 0 Å². The van der Waals surface area contributed by atoms with Crippen LogP contribution in [0.5, 0.6) is 0 Å². The van der Waals surface area contributed by atoms with Crippen molar-refractivity contribution in [3.63, 3.8) is 0 Å². The maximum Gasteiger partial charge on any atom is 0.220 e. The van der Waals surface area contributed by atoms with Crippen molar-refractivity contribution in [2.24, 2.45) is 7.05 Å². The number of carbonyl (C=O) groups is 1. The molecule has 0 radical (unpaired) electrons. The zero-order chi connectivity index (χ0) is 17.6. The summed E-state index contributed by atoms with van der Waals surface area (Å²) in [5, 5.41) is 10.8. The van der Waals surface area contributed by atoms with Crippen LogP contribution in [-0.2, 0) is 18.3 Å². The van der Waals surface area contributed by atoms with Crippen LogP contribution >= 0.6 is 0 Å². The minimum atomic E-state index is -0.215. The van der Waals surface area contributed by atoms with Crippen molar-refractivity contribution < 1.29 is 9.18 Å². The monoisotopic (exact) mass is 345 g/mol. The van der Waals surface area contributed by atoms with Gasteiger partial charge in [0.15, 0.2) is 0 Å². The summed E-state index contributed by atoms with van der Waals surface area (Å²) in [5.41, 5.74) is 0.651. The van der Waals surface area contributed by atoms with E-state index in [1.807, 2.05) is 19.2 Å². The van der Waals surface area contributed by atoms with E-state index >= 15 is 0 Å². The highest BCUT2D eigenvalue weighted by Crippen LogP contribution is 2.26. The number of hydrogen-bond donors (Lipinski definition) is 1. The smallest absolute Gasteiger partial charge is 0.220 e. The lowest BCUT2D eigenvalue weighted by molar-refractivity contribution is -0.121. The normalized spacial score (nSPS) is 16.1. The molecule has 134 valence electrons. The minimum Gasteiger partial charge on any atom is -0.354 e. The number of rotatable bonds is 7. The van der Waals surface area contributed by atoms with Crippen LogP contribution in [0.3, 0.4) is 0 Å². The molecule has 1 unspecified atom stereocenters. The molecule has 2 aromatic rings. The van der Waals surface area contributed by atoms with Gasteiger partial charge in [0.1, 0.15) is 18.0 Å². The van der Waals surface area contributed by atoms with E-state index in [0.29, 0.717) is 24.9 Å². The number of nitrogens with one attached hydrogen (secondary N) is 1. The summed E-state index contributed by atoms with van der Waals surface area (Å²) in [7, 11) is 1.86. The molecule has 2 heterocycles. The van der Waals surface area contributed by atoms with E-state index in [0.717, 1.165) is 31.8 Å². The average molecular weight is 345 g/mol. The third-order valence-electron chi connectivity index (χ3n) is 4.72. The van der Waals surface area contributed by atoms with Gasteiger partial charge in [-0.25, -0.2) is 4.39 Å². The molecule has 1 aliphatic heterocycles. The van der Waals surface area contributed by atoms with Gasteiger partial charge in [0.2, 0.25) is 5.91 Å². The van der Waals surface area contributed by atoms with Crippen LogP contribution in [0.25, 0.3) is 0 Å². The predicted molar refractivity (Wildman–Crippen MR) is 92.3 cm³/mol. The van der Waals surface area contributed by atoms with Crippen LogP contribution in [0.1, 0.15) is 36.7 Å². The zero-order valence-electron chi connectivity index (χ0n) is 14.5. The first-order valence-electron chi connectivity index (χ1n) is 8.73. The molecule has 1 aromatic carbocycles. The molecule has 1 aromatic heterocycles. The average Bonchev–Trinajstić information content (AvgIpc) is 3.27. The van der Waals surface area contributed by atoms with Gasteiger partial charge in [-0.15, -0.1) is 10.2 Å². The Morgan fingerprint density at radius 3 is 2.76 bits per heavy atom. The summed E-state index contributed by atoms with van der Waals surface area (Å²) >= 11 is 0. The second-order valence-corrected chi connectivity index (χ2v) is 6.44. The molecule has 0 bridgehead atoms. The van der Waals surface area contributed by atoms with Gasteiger partial charge in [-0.05, 0) is 32.0 Å². The zero-order valence-corrected chi connectivity index (χ0v) is 14.5. The Hall–Kier alpha value is -2.28. The second kappa shape index (κ2) is 8.20. The molecule has 0 aliphatic carbocycles.